The van der Waals surface area contributed by atoms with E-state index in [1.165, 1.54) is 11.1 Å². The standard InChI is InChI=1S/C17H20N2O/c1-11(2)12-3-5-13(6-4-12)14-9-15(14)16(20)19-17(10-18)7-8-17/h3-6,11,14-15H,7-9H2,1-2H3,(H,19,20)/t14-,15-/m0/s1. The molecule has 1 N–H and O–H groups in total. The van der Waals surface area contributed by atoms with Crippen LogP contribution >= 0.6 is 0 Å². The third-order valence-electron chi connectivity index (χ3n) is 4.48. The summed E-state index contributed by atoms with van der Waals surface area (Å²) in [6.07, 6.45) is 2.51. The van der Waals surface area contributed by atoms with Crippen molar-refractivity contribution in [1.29, 1.82) is 5.26 Å². The van der Waals surface area contributed by atoms with Crippen LogP contribution in [0.3, 0.4) is 0 Å². The van der Waals surface area contributed by atoms with E-state index in [0.29, 0.717) is 11.8 Å². The molecule has 0 heterocycles. The zero-order chi connectivity index (χ0) is 14.3. The van der Waals surface area contributed by atoms with Crippen LogP contribution in [0.4, 0.5) is 0 Å². The topological polar surface area (TPSA) is 52.9 Å². The van der Waals surface area contributed by atoms with E-state index in [2.05, 4.69) is 49.5 Å². The predicted octanol–water partition coefficient (Wildman–Crippen LogP) is 3.09. The van der Waals surface area contributed by atoms with Gasteiger partial charge < -0.3 is 5.32 Å². The highest BCUT2D eigenvalue weighted by Gasteiger charge is 2.50. The van der Waals surface area contributed by atoms with Gasteiger partial charge in [-0.15, -0.1) is 0 Å². The number of carbonyl (C=O) groups is 1. The SMILES string of the molecule is CC(C)c1ccc([C@@H]2C[C@@H]2C(=O)NC2(C#N)CC2)cc1. The Morgan fingerprint density at radius 1 is 1.35 bits per heavy atom. The monoisotopic (exact) mass is 268 g/mol. The molecule has 0 unspecified atom stereocenters. The molecule has 20 heavy (non-hydrogen) atoms. The van der Waals surface area contributed by atoms with Crippen LogP contribution in [-0.4, -0.2) is 11.4 Å². The Balaban J connectivity index is 1.61. The largest absolute Gasteiger partial charge is 0.338 e. The Bertz CT molecular complexity index is 564. The van der Waals surface area contributed by atoms with Crippen LogP contribution in [0.2, 0.25) is 0 Å². The van der Waals surface area contributed by atoms with Gasteiger partial charge in [0.25, 0.3) is 0 Å². The lowest BCUT2D eigenvalue weighted by atomic mass is 10.00. The molecule has 2 atom stereocenters. The number of carbonyl (C=O) groups excluding carboxylic acids is 1. The van der Waals surface area contributed by atoms with Crippen molar-refractivity contribution in [2.75, 3.05) is 0 Å². The maximum Gasteiger partial charge on any atom is 0.224 e. The van der Waals surface area contributed by atoms with Crippen molar-refractivity contribution >= 4 is 5.91 Å². The van der Waals surface area contributed by atoms with Crippen LogP contribution in [0.25, 0.3) is 0 Å². The van der Waals surface area contributed by atoms with Crippen molar-refractivity contribution in [3.8, 4) is 6.07 Å². The number of amides is 1. The van der Waals surface area contributed by atoms with Crippen molar-refractivity contribution in [3.63, 3.8) is 0 Å². The van der Waals surface area contributed by atoms with Crippen LogP contribution in [0.15, 0.2) is 24.3 Å². The summed E-state index contributed by atoms with van der Waals surface area (Å²) in [4.78, 5) is 12.1. The molecule has 3 rings (SSSR count). The van der Waals surface area contributed by atoms with Crippen molar-refractivity contribution in [2.45, 2.75) is 50.5 Å². The van der Waals surface area contributed by atoms with Gasteiger partial charge in [-0.25, -0.2) is 0 Å². The molecule has 104 valence electrons. The molecule has 3 nitrogen and oxygen atoms in total. The Morgan fingerprint density at radius 2 is 2.00 bits per heavy atom. The Hall–Kier alpha value is -1.82. The van der Waals surface area contributed by atoms with E-state index in [4.69, 9.17) is 5.26 Å². The fraction of sp³-hybridized carbons (Fsp3) is 0.529. The second kappa shape index (κ2) is 4.63. The van der Waals surface area contributed by atoms with Gasteiger partial charge in [-0.3, -0.25) is 4.79 Å². The molecule has 0 aliphatic heterocycles. The second-order valence-electron chi connectivity index (χ2n) is 6.45. The molecular formula is C17H20N2O. The number of rotatable bonds is 4. The van der Waals surface area contributed by atoms with Crippen LogP contribution < -0.4 is 5.32 Å². The van der Waals surface area contributed by atoms with E-state index < -0.39 is 5.54 Å². The lowest BCUT2D eigenvalue weighted by Crippen LogP contribution is -2.36. The summed E-state index contributed by atoms with van der Waals surface area (Å²) in [5, 5.41) is 11.9. The summed E-state index contributed by atoms with van der Waals surface area (Å²) in [5.74, 6) is 0.992. The summed E-state index contributed by atoms with van der Waals surface area (Å²) in [7, 11) is 0. The zero-order valence-electron chi connectivity index (χ0n) is 12.0. The van der Waals surface area contributed by atoms with E-state index in [-0.39, 0.29) is 11.8 Å². The summed E-state index contributed by atoms with van der Waals surface area (Å²) in [6, 6.07) is 10.8. The fourth-order valence-corrected chi connectivity index (χ4v) is 2.70. The summed E-state index contributed by atoms with van der Waals surface area (Å²) >= 11 is 0. The van der Waals surface area contributed by atoms with Crippen LogP contribution in [0.5, 0.6) is 0 Å². The highest BCUT2D eigenvalue weighted by molar-refractivity contribution is 5.84. The van der Waals surface area contributed by atoms with Crippen molar-refractivity contribution in [1.82, 2.24) is 5.32 Å². The first-order valence-corrected chi connectivity index (χ1v) is 7.38. The molecule has 0 bridgehead atoms. The molecule has 1 aromatic carbocycles. The maximum atomic E-state index is 12.1. The van der Waals surface area contributed by atoms with E-state index in [1.807, 2.05) is 0 Å². The molecule has 1 amide bonds. The van der Waals surface area contributed by atoms with Gasteiger partial charge in [-0.2, -0.15) is 5.26 Å². The van der Waals surface area contributed by atoms with Gasteiger partial charge in [-0.1, -0.05) is 38.1 Å². The smallest absolute Gasteiger partial charge is 0.224 e. The molecule has 3 heteroatoms. The van der Waals surface area contributed by atoms with E-state index in [0.717, 1.165) is 19.3 Å². The third kappa shape index (κ3) is 2.43. The average molecular weight is 268 g/mol. The quantitative estimate of drug-likeness (QED) is 0.912. The Labute approximate surface area is 120 Å². The lowest BCUT2D eigenvalue weighted by Gasteiger charge is -2.09. The first-order valence-electron chi connectivity index (χ1n) is 7.38. The predicted molar refractivity (Wildman–Crippen MR) is 77.1 cm³/mol. The average Bonchev–Trinajstić information content (AvgIpc) is 3.33. The minimum absolute atomic E-state index is 0.0574. The summed E-state index contributed by atoms with van der Waals surface area (Å²) in [6.45, 7) is 4.36. The molecule has 2 fully saturated rings. The number of nitrogens with one attached hydrogen (secondary N) is 1. The number of hydrogen-bond donors (Lipinski definition) is 1. The van der Waals surface area contributed by atoms with Gasteiger partial charge in [0.05, 0.1) is 6.07 Å². The molecule has 1 aromatic rings. The fourth-order valence-electron chi connectivity index (χ4n) is 2.70. The van der Waals surface area contributed by atoms with E-state index in [1.54, 1.807) is 0 Å². The molecule has 0 radical (unpaired) electrons. The number of nitrogens with zero attached hydrogens (tertiary/aromatic N) is 1. The molecule has 0 saturated heterocycles. The van der Waals surface area contributed by atoms with E-state index in [9.17, 15) is 4.79 Å². The number of benzene rings is 1. The van der Waals surface area contributed by atoms with Gasteiger partial charge in [-0.05, 0) is 42.2 Å². The van der Waals surface area contributed by atoms with Gasteiger partial charge in [0.15, 0.2) is 0 Å². The summed E-state index contributed by atoms with van der Waals surface area (Å²) in [5.41, 5.74) is 2.04. The van der Waals surface area contributed by atoms with Gasteiger partial charge in [0.2, 0.25) is 5.91 Å². The van der Waals surface area contributed by atoms with Gasteiger partial charge in [0.1, 0.15) is 5.54 Å². The minimum Gasteiger partial charge on any atom is -0.338 e. The first kappa shape index (κ1) is 13.2. The third-order valence-corrected chi connectivity index (χ3v) is 4.48. The van der Waals surface area contributed by atoms with E-state index >= 15 is 0 Å². The first-order chi connectivity index (χ1) is 9.54. The molecule has 0 spiro atoms. The molecular weight excluding hydrogens is 248 g/mol. The molecule has 0 aromatic heterocycles. The Kier molecular flexibility index (Phi) is 3.05. The van der Waals surface area contributed by atoms with Gasteiger partial charge in [0, 0.05) is 5.92 Å². The van der Waals surface area contributed by atoms with Crippen molar-refractivity contribution in [3.05, 3.63) is 35.4 Å². The van der Waals surface area contributed by atoms with Crippen LogP contribution in [-0.2, 0) is 4.79 Å². The highest BCUT2D eigenvalue weighted by atomic mass is 16.2. The number of nitriles is 1. The highest BCUT2D eigenvalue weighted by Crippen LogP contribution is 2.48. The van der Waals surface area contributed by atoms with Crippen LogP contribution in [0, 0.1) is 17.2 Å². The molecule has 2 aliphatic rings. The zero-order valence-corrected chi connectivity index (χ0v) is 12.0. The lowest BCUT2D eigenvalue weighted by molar-refractivity contribution is -0.123. The maximum absolute atomic E-state index is 12.1. The molecule has 2 saturated carbocycles. The summed E-state index contributed by atoms with van der Waals surface area (Å²) < 4.78 is 0. The number of hydrogen-bond acceptors (Lipinski definition) is 2. The molecule has 2 aliphatic carbocycles. The second-order valence-corrected chi connectivity index (χ2v) is 6.45. The normalized spacial score (nSPS) is 25.9. The van der Waals surface area contributed by atoms with Crippen molar-refractivity contribution < 1.29 is 4.79 Å². The van der Waals surface area contributed by atoms with Crippen LogP contribution in [0.1, 0.15) is 56.1 Å². The van der Waals surface area contributed by atoms with Gasteiger partial charge >= 0.3 is 0 Å². The Morgan fingerprint density at radius 3 is 2.50 bits per heavy atom. The minimum atomic E-state index is -0.536. The van der Waals surface area contributed by atoms with Crippen molar-refractivity contribution in [2.24, 2.45) is 5.92 Å².